The van der Waals surface area contributed by atoms with Gasteiger partial charge in [0.25, 0.3) is 0 Å². The Labute approximate surface area is 102 Å². The number of anilines is 1. The fourth-order valence-corrected chi connectivity index (χ4v) is 1.13. The third-order valence-corrected chi connectivity index (χ3v) is 1.98. The summed E-state index contributed by atoms with van der Waals surface area (Å²) in [6.45, 7) is 3.04. The quantitative estimate of drug-likeness (QED) is 0.452. The minimum atomic E-state index is -1.13. The van der Waals surface area contributed by atoms with Gasteiger partial charge in [-0.1, -0.05) is 25.5 Å². The average molecular weight is 199 g/mol. The van der Waals surface area contributed by atoms with Crippen molar-refractivity contribution in [2.75, 3.05) is 11.9 Å². The van der Waals surface area contributed by atoms with E-state index < -0.39 is 5.97 Å². The van der Waals surface area contributed by atoms with Crippen LogP contribution < -0.4 is 29.3 Å². The molecule has 1 aromatic carbocycles. The number of aromatic carboxylic acids is 1. The largest absolute Gasteiger partial charge is 1.00 e. The Balaban J connectivity index is 0.00000196. The van der Waals surface area contributed by atoms with Crippen LogP contribution in [0.5, 0.6) is 0 Å². The van der Waals surface area contributed by atoms with Gasteiger partial charge in [-0.25, -0.2) is 0 Å². The Kier molecular flexibility index (Phi) is 6.94. The predicted molar refractivity (Wildman–Crippen MR) is 54.2 cm³/mol. The van der Waals surface area contributed by atoms with Crippen molar-refractivity contribution in [1.29, 1.82) is 0 Å². The summed E-state index contributed by atoms with van der Waals surface area (Å²) < 4.78 is 0. The van der Waals surface area contributed by atoms with Gasteiger partial charge in [-0.15, -0.1) is 0 Å². The zero-order valence-corrected chi connectivity index (χ0v) is 9.25. The van der Waals surface area contributed by atoms with Crippen LogP contribution in [0.1, 0.15) is 30.1 Å². The standard InChI is InChI=1S/C11H15NO2.Li/c1-2-3-8-12-10-6-4-9(5-7-10)11(13)14;/h4-7,12H,2-3,8H2,1H3,(H,13,14);/q;+1/p-1. The maximum absolute atomic E-state index is 10.4. The van der Waals surface area contributed by atoms with Crippen molar-refractivity contribution in [2.24, 2.45) is 0 Å². The first-order valence-corrected chi connectivity index (χ1v) is 4.79. The van der Waals surface area contributed by atoms with Gasteiger partial charge in [-0.05, 0) is 24.1 Å². The molecule has 3 nitrogen and oxygen atoms in total. The summed E-state index contributed by atoms with van der Waals surface area (Å²) in [5.74, 6) is -1.13. The fourth-order valence-electron chi connectivity index (χ4n) is 1.13. The minimum absolute atomic E-state index is 0. The van der Waals surface area contributed by atoms with Crippen molar-refractivity contribution >= 4 is 11.7 Å². The van der Waals surface area contributed by atoms with E-state index in [-0.39, 0.29) is 24.4 Å². The summed E-state index contributed by atoms with van der Waals surface area (Å²) in [6.07, 6.45) is 2.26. The van der Waals surface area contributed by atoms with Gasteiger partial charge >= 0.3 is 18.9 Å². The van der Waals surface area contributed by atoms with Crippen LogP contribution in [0.4, 0.5) is 5.69 Å². The number of hydrogen-bond donors (Lipinski definition) is 1. The molecule has 0 fully saturated rings. The predicted octanol–water partition coefficient (Wildman–Crippen LogP) is -1.73. The number of benzene rings is 1. The smallest absolute Gasteiger partial charge is 0.545 e. The van der Waals surface area contributed by atoms with Crippen LogP contribution in [0.3, 0.4) is 0 Å². The zero-order chi connectivity index (χ0) is 10.4. The fraction of sp³-hybridized carbons (Fsp3) is 0.364. The molecule has 0 atom stereocenters. The number of carbonyl (C=O) groups excluding carboxylic acids is 1. The van der Waals surface area contributed by atoms with Gasteiger partial charge in [0.15, 0.2) is 0 Å². The van der Waals surface area contributed by atoms with Gasteiger partial charge in [0.05, 0.1) is 5.97 Å². The van der Waals surface area contributed by atoms with Crippen LogP contribution in [0.15, 0.2) is 24.3 Å². The van der Waals surface area contributed by atoms with Gasteiger partial charge in [0.2, 0.25) is 0 Å². The molecule has 1 aromatic rings. The van der Waals surface area contributed by atoms with Crippen molar-refractivity contribution in [3.63, 3.8) is 0 Å². The summed E-state index contributed by atoms with van der Waals surface area (Å²) in [4.78, 5) is 10.4. The Bertz CT molecular complexity index is 298. The summed E-state index contributed by atoms with van der Waals surface area (Å²) in [6, 6.07) is 6.59. The van der Waals surface area contributed by atoms with Crippen LogP contribution in [0.2, 0.25) is 0 Å². The number of carboxylic acids is 1. The topological polar surface area (TPSA) is 52.2 Å². The van der Waals surface area contributed by atoms with Crippen molar-refractivity contribution in [2.45, 2.75) is 19.8 Å². The number of carbonyl (C=O) groups is 1. The molecule has 4 heteroatoms. The van der Waals surface area contributed by atoms with E-state index in [1.807, 2.05) is 0 Å². The monoisotopic (exact) mass is 199 g/mol. The molecule has 0 heterocycles. The van der Waals surface area contributed by atoms with E-state index in [1.165, 1.54) is 0 Å². The molecule has 0 amide bonds. The van der Waals surface area contributed by atoms with E-state index in [0.717, 1.165) is 25.1 Å². The van der Waals surface area contributed by atoms with E-state index in [2.05, 4.69) is 12.2 Å². The van der Waals surface area contributed by atoms with E-state index in [9.17, 15) is 9.90 Å². The number of carboxylic acid groups (broad SMARTS) is 1. The summed E-state index contributed by atoms with van der Waals surface area (Å²) in [7, 11) is 0. The molecule has 0 aliphatic heterocycles. The summed E-state index contributed by atoms with van der Waals surface area (Å²) >= 11 is 0. The van der Waals surface area contributed by atoms with E-state index in [0.29, 0.717) is 0 Å². The Morgan fingerprint density at radius 1 is 1.33 bits per heavy atom. The molecule has 0 spiro atoms. The van der Waals surface area contributed by atoms with E-state index >= 15 is 0 Å². The summed E-state index contributed by atoms with van der Waals surface area (Å²) in [5.41, 5.74) is 1.16. The Hall–Kier alpha value is -0.913. The van der Waals surface area contributed by atoms with Crippen LogP contribution in [-0.2, 0) is 0 Å². The van der Waals surface area contributed by atoms with Gasteiger partial charge in [0.1, 0.15) is 0 Å². The molecule has 76 valence electrons. The van der Waals surface area contributed by atoms with Gasteiger partial charge in [-0.2, -0.15) is 0 Å². The second-order valence-corrected chi connectivity index (χ2v) is 3.15. The number of hydrogen-bond acceptors (Lipinski definition) is 3. The van der Waals surface area contributed by atoms with Gasteiger partial charge < -0.3 is 15.2 Å². The number of rotatable bonds is 5. The van der Waals surface area contributed by atoms with Crippen LogP contribution >= 0.6 is 0 Å². The maximum Gasteiger partial charge on any atom is 1.00 e. The molecule has 0 saturated carbocycles. The zero-order valence-electron chi connectivity index (χ0n) is 9.25. The number of unbranched alkanes of at least 4 members (excludes halogenated alkanes) is 1. The van der Waals surface area contributed by atoms with E-state index in [4.69, 9.17) is 0 Å². The molecule has 0 radical (unpaired) electrons. The molecular formula is C11H14LiNO2. The van der Waals surface area contributed by atoms with Gasteiger partial charge in [0, 0.05) is 12.2 Å². The Morgan fingerprint density at radius 3 is 2.40 bits per heavy atom. The second-order valence-electron chi connectivity index (χ2n) is 3.15. The molecule has 0 bridgehead atoms. The summed E-state index contributed by atoms with van der Waals surface area (Å²) in [5, 5.41) is 13.6. The first kappa shape index (κ1) is 14.1. The molecule has 1 N–H and O–H groups in total. The molecular weight excluding hydrogens is 185 g/mol. The molecule has 0 saturated heterocycles. The SMILES string of the molecule is CCCCNc1ccc(C(=O)[O-])cc1.[Li+]. The molecule has 0 aromatic heterocycles. The van der Waals surface area contributed by atoms with E-state index in [1.54, 1.807) is 24.3 Å². The van der Waals surface area contributed by atoms with Crippen molar-refractivity contribution in [1.82, 2.24) is 0 Å². The number of nitrogens with one attached hydrogen (secondary N) is 1. The molecule has 0 aliphatic rings. The normalized spacial score (nSPS) is 9.13. The molecule has 0 aliphatic carbocycles. The second kappa shape index (κ2) is 7.39. The molecule has 0 unspecified atom stereocenters. The van der Waals surface area contributed by atoms with Crippen LogP contribution in [-0.4, -0.2) is 12.5 Å². The van der Waals surface area contributed by atoms with Crippen LogP contribution in [0, 0.1) is 0 Å². The van der Waals surface area contributed by atoms with Crippen molar-refractivity contribution < 1.29 is 28.8 Å². The maximum atomic E-state index is 10.4. The first-order valence-electron chi connectivity index (χ1n) is 4.79. The molecule has 1 rings (SSSR count). The van der Waals surface area contributed by atoms with Crippen molar-refractivity contribution in [3.05, 3.63) is 29.8 Å². The third-order valence-electron chi connectivity index (χ3n) is 1.98. The Morgan fingerprint density at radius 2 is 1.93 bits per heavy atom. The first-order chi connectivity index (χ1) is 6.74. The average Bonchev–Trinajstić information content (AvgIpc) is 2.19. The van der Waals surface area contributed by atoms with Crippen LogP contribution in [0.25, 0.3) is 0 Å². The minimum Gasteiger partial charge on any atom is -0.545 e. The van der Waals surface area contributed by atoms with Gasteiger partial charge in [-0.3, -0.25) is 0 Å². The third kappa shape index (κ3) is 4.92. The van der Waals surface area contributed by atoms with Crippen molar-refractivity contribution in [3.8, 4) is 0 Å². The molecule has 15 heavy (non-hydrogen) atoms.